The summed E-state index contributed by atoms with van der Waals surface area (Å²) >= 11 is 0. The molecule has 0 aliphatic carbocycles. The number of hydrogen-bond donors (Lipinski definition) is 0. The van der Waals surface area contributed by atoms with Crippen LogP contribution >= 0.6 is 0 Å². The van der Waals surface area contributed by atoms with Gasteiger partial charge >= 0.3 is 0 Å². The highest BCUT2D eigenvalue weighted by Crippen LogP contribution is 2.16. The molecular formula is C20H20N3. The fourth-order valence-electron chi connectivity index (χ4n) is 2.53. The Labute approximate surface area is 137 Å². The van der Waals surface area contributed by atoms with Crippen LogP contribution in [0.5, 0.6) is 0 Å². The second kappa shape index (κ2) is 7.16. The molecule has 0 saturated carbocycles. The Morgan fingerprint density at radius 2 is 1.35 bits per heavy atom. The van der Waals surface area contributed by atoms with Crippen molar-refractivity contribution in [2.75, 3.05) is 7.05 Å². The predicted molar refractivity (Wildman–Crippen MR) is 93.5 cm³/mol. The highest BCUT2D eigenvalue weighted by Gasteiger charge is 2.04. The highest BCUT2D eigenvalue weighted by molar-refractivity contribution is 5.54. The second-order valence-electron chi connectivity index (χ2n) is 5.76. The first-order chi connectivity index (χ1) is 11.2. The van der Waals surface area contributed by atoms with Crippen LogP contribution in [0.2, 0.25) is 0 Å². The Hall–Kier alpha value is -2.52. The van der Waals surface area contributed by atoms with Crippen LogP contribution in [0, 0.1) is 6.92 Å². The Morgan fingerprint density at radius 1 is 0.826 bits per heavy atom. The summed E-state index contributed by atoms with van der Waals surface area (Å²) in [6.45, 7) is 5.74. The Bertz CT molecular complexity index is 734. The number of rotatable bonds is 5. The quantitative estimate of drug-likeness (QED) is 0.714. The van der Waals surface area contributed by atoms with Crippen molar-refractivity contribution in [2.24, 2.45) is 0 Å². The summed E-state index contributed by atoms with van der Waals surface area (Å²) in [5, 5.41) is 0. The molecule has 23 heavy (non-hydrogen) atoms. The van der Waals surface area contributed by atoms with E-state index in [0.29, 0.717) is 0 Å². The lowest BCUT2D eigenvalue weighted by Crippen LogP contribution is -2.17. The summed E-state index contributed by atoms with van der Waals surface area (Å²) in [6, 6.07) is 18.6. The molecule has 1 radical (unpaired) electrons. The minimum Gasteiger partial charge on any atom is -0.298 e. The van der Waals surface area contributed by atoms with Crippen molar-refractivity contribution in [2.45, 2.75) is 13.1 Å². The molecule has 0 amide bonds. The normalized spacial score (nSPS) is 10.9. The van der Waals surface area contributed by atoms with Crippen molar-refractivity contribution in [3.8, 4) is 11.4 Å². The monoisotopic (exact) mass is 302 g/mol. The molecular weight excluding hydrogens is 282 g/mol. The van der Waals surface area contributed by atoms with Gasteiger partial charge in [0, 0.05) is 31.0 Å². The van der Waals surface area contributed by atoms with E-state index in [0.717, 1.165) is 30.0 Å². The van der Waals surface area contributed by atoms with Crippen molar-refractivity contribution in [1.82, 2.24) is 14.9 Å². The fourth-order valence-corrected chi connectivity index (χ4v) is 2.53. The van der Waals surface area contributed by atoms with Gasteiger partial charge in [-0.15, -0.1) is 0 Å². The van der Waals surface area contributed by atoms with Crippen molar-refractivity contribution in [3.05, 3.63) is 90.6 Å². The maximum atomic E-state index is 4.28. The highest BCUT2D eigenvalue weighted by atomic mass is 15.1. The summed E-state index contributed by atoms with van der Waals surface area (Å²) in [5.74, 6) is 0.765. The average Bonchev–Trinajstić information content (AvgIpc) is 2.58. The molecule has 0 saturated heterocycles. The van der Waals surface area contributed by atoms with E-state index in [9.17, 15) is 0 Å². The molecule has 0 aliphatic heterocycles. The maximum absolute atomic E-state index is 4.28. The van der Waals surface area contributed by atoms with Crippen LogP contribution in [0.4, 0.5) is 0 Å². The van der Waals surface area contributed by atoms with Crippen LogP contribution in [-0.4, -0.2) is 21.9 Å². The van der Waals surface area contributed by atoms with Crippen molar-refractivity contribution < 1.29 is 0 Å². The minimum atomic E-state index is 0.765. The maximum Gasteiger partial charge on any atom is 0.159 e. The summed E-state index contributed by atoms with van der Waals surface area (Å²) in [7, 11) is 2.13. The Morgan fingerprint density at radius 3 is 1.91 bits per heavy atom. The van der Waals surface area contributed by atoms with Crippen LogP contribution in [-0.2, 0) is 13.1 Å². The SMILES string of the molecule is [CH2]c1ccc(CN(C)Cc2ccc(-c3ncccn3)cc2)cc1. The Balaban J connectivity index is 1.62. The first kappa shape index (κ1) is 15.4. The number of aromatic nitrogens is 2. The second-order valence-corrected chi connectivity index (χ2v) is 5.76. The zero-order chi connectivity index (χ0) is 16.1. The van der Waals surface area contributed by atoms with Crippen LogP contribution in [0.1, 0.15) is 16.7 Å². The first-order valence-electron chi connectivity index (χ1n) is 7.66. The molecule has 0 bridgehead atoms. The lowest BCUT2D eigenvalue weighted by Gasteiger charge is -2.17. The van der Waals surface area contributed by atoms with E-state index in [-0.39, 0.29) is 0 Å². The van der Waals surface area contributed by atoms with E-state index in [1.54, 1.807) is 12.4 Å². The summed E-state index contributed by atoms with van der Waals surface area (Å²) in [4.78, 5) is 10.8. The molecule has 2 aromatic carbocycles. The van der Waals surface area contributed by atoms with E-state index >= 15 is 0 Å². The third-order valence-corrected chi connectivity index (χ3v) is 3.71. The molecule has 0 aliphatic rings. The molecule has 1 aromatic heterocycles. The smallest absolute Gasteiger partial charge is 0.159 e. The largest absolute Gasteiger partial charge is 0.298 e. The van der Waals surface area contributed by atoms with Gasteiger partial charge < -0.3 is 0 Å². The predicted octanol–water partition coefficient (Wildman–Crippen LogP) is 3.96. The molecule has 3 nitrogen and oxygen atoms in total. The molecule has 0 spiro atoms. The molecule has 115 valence electrons. The first-order valence-corrected chi connectivity index (χ1v) is 7.66. The van der Waals surface area contributed by atoms with Crippen LogP contribution in [0.25, 0.3) is 11.4 Å². The van der Waals surface area contributed by atoms with Crippen molar-refractivity contribution in [1.29, 1.82) is 0 Å². The lowest BCUT2D eigenvalue weighted by molar-refractivity contribution is 0.319. The molecule has 1 heterocycles. The third-order valence-electron chi connectivity index (χ3n) is 3.71. The fraction of sp³-hybridized carbons (Fsp3) is 0.150. The standard InChI is InChI=1S/C20H20N3/c1-16-4-6-17(7-5-16)14-23(2)15-18-8-10-19(11-9-18)20-21-12-3-13-22-20/h3-13H,1,14-15H2,2H3. The number of nitrogens with zero attached hydrogens (tertiary/aromatic N) is 3. The van der Waals surface area contributed by atoms with Gasteiger partial charge in [0.1, 0.15) is 0 Å². The zero-order valence-electron chi connectivity index (χ0n) is 13.3. The van der Waals surface area contributed by atoms with Gasteiger partial charge in [0.2, 0.25) is 0 Å². The van der Waals surface area contributed by atoms with E-state index in [2.05, 4.69) is 77.4 Å². The molecule has 0 N–H and O–H groups in total. The molecule has 0 atom stereocenters. The number of hydrogen-bond acceptors (Lipinski definition) is 3. The van der Waals surface area contributed by atoms with Crippen LogP contribution in [0.3, 0.4) is 0 Å². The van der Waals surface area contributed by atoms with Gasteiger partial charge in [-0.25, -0.2) is 9.97 Å². The van der Waals surface area contributed by atoms with Crippen molar-refractivity contribution in [3.63, 3.8) is 0 Å². The van der Waals surface area contributed by atoms with E-state index in [1.165, 1.54) is 11.1 Å². The van der Waals surface area contributed by atoms with E-state index in [1.807, 2.05) is 6.07 Å². The molecule has 3 rings (SSSR count). The molecule has 0 fully saturated rings. The summed E-state index contributed by atoms with van der Waals surface area (Å²) < 4.78 is 0. The average molecular weight is 302 g/mol. The van der Waals surface area contributed by atoms with Crippen molar-refractivity contribution >= 4 is 0 Å². The van der Waals surface area contributed by atoms with Gasteiger partial charge in [-0.05, 0) is 36.7 Å². The lowest BCUT2D eigenvalue weighted by atomic mass is 10.1. The topological polar surface area (TPSA) is 29.0 Å². The summed E-state index contributed by atoms with van der Waals surface area (Å²) in [5.41, 5.74) is 4.67. The molecule has 3 aromatic rings. The van der Waals surface area contributed by atoms with Gasteiger partial charge in [-0.2, -0.15) is 0 Å². The van der Waals surface area contributed by atoms with Crippen LogP contribution < -0.4 is 0 Å². The number of benzene rings is 2. The van der Waals surface area contributed by atoms with Gasteiger partial charge in [0.05, 0.1) is 0 Å². The van der Waals surface area contributed by atoms with E-state index in [4.69, 9.17) is 0 Å². The van der Waals surface area contributed by atoms with E-state index < -0.39 is 0 Å². The van der Waals surface area contributed by atoms with Gasteiger partial charge in [0.15, 0.2) is 5.82 Å². The third kappa shape index (κ3) is 4.24. The summed E-state index contributed by atoms with van der Waals surface area (Å²) in [6.07, 6.45) is 3.53. The van der Waals surface area contributed by atoms with Gasteiger partial charge in [-0.3, -0.25) is 4.90 Å². The zero-order valence-corrected chi connectivity index (χ0v) is 13.3. The molecule has 0 unspecified atom stereocenters. The minimum absolute atomic E-state index is 0.765. The van der Waals surface area contributed by atoms with Crippen LogP contribution in [0.15, 0.2) is 67.0 Å². The van der Waals surface area contributed by atoms with Gasteiger partial charge in [0.25, 0.3) is 0 Å². The molecule has 3 heteroatoms. The van der Waals surface area contributed by atoms with Gasteiger partial charge in [-0.1, -0.05) is 48.5 Å². The Kier molecular flexibility index (Phi) is 4.79.